The van der Waals surface area contributed by atoms with Crippen LogP contribution in [0.2, 0.25) is 0 Å². The second kappa shape index (κ2) is 7.31. The Bertz CT molecular complexity index is 476. The van der Waals surface area contributed by atoms with Gasteiger partial charge < -0.3 is 19.7 Å². The van der Waals surface area contributed by atoms with Crippen LogP contribution in [-0.2, 0) is 4.74 Å². The van der Waals surface area contributed by atoms with Crippen molar-refractivity contribution in [2.75, 3.05) is 32.2 Å². The van der Waals surface area contributed by atoms with Crippen molar-refractivity contribution in [2.45, 2.75) is 26.3 Å². The third-order valence-electron chi connectivity index (χ3n) is 3.58. The Morgan fingerprint density at radius 1 is 1.48 bits per heavy atom. The lowest BCUT2D eigenvalue weighted by atomic mass is 10.0. The number of morpholine rings is 1. The second-order valence-corrected chi connectivity index (χ2v) is 5.68. The van der Waals surface area contributed by atoms with Crippen LogP contribution in [-0.4, -0.2) is 43.8 Å². The summed E-state index contributed by atoms with van der Waals surface area (Å²) in [6.45, 7) is 6.14. The number of nitrogens with one attached hydrogen (secondary N) is 1. The summed E-state index contributed by atoms with van der Waals surface area (Å²) in [5.74, 6) is 1.19. The highest BCUT2D eigenvalue weighted by Crippen LogP contribution is 2.24. The molecule has 5 heteroatoms. The minimum Gasteiger partial charge on any atom is -0.495 e. The lowest BCUT2D eigenvalue weighted by molar-refractivity contribution is 0.00856. The average Bonchev–Trinajstić information content (AvgIpc) is 2.47. The molecule has 1 aliphatic rings. The zero-order valence-electron chi connectivity index (χ0n) is 13.0. The molecule has 1 heterocycles. The van der Waals surface area contributed by atoms with Gasteiger partial charge in [0.2, 0.25) is 0 Å². The fraction of sp³-hybridized carbons (Fsp3) is 0.562. The zero-order chi connectivity index (χ0) is 15.2. The van der Waals surface area contributed by atoms with Crippen molar-refractivity contribution in [3.63, 3.8) is 0 Å². The fourth-order valence-corrected chi connectivity index (χ4v) is 2.60. The van der Waals surface area contributed by atoms with Crippen LogP contribution < -0.4 is 10.1 Å². The van der Waals surface area contributed by atoms with Gasteiger partial charge in [-0.1, -0.05) is 26.0 Å². The lowest BCUT2D eigenvalue weighted by Gasteiger charge is -2.36. The van der Waals surface area contributed by atoms with Crippen LogP contribution in [0.5, 0.6) is 5.75 Å². The minimum absolute atomic E-state index is 0.0894. The van der Waals surface area contributed by atoms with Crippen LogP contribution >= 0.6 is 0 Å². The summed E-state index contributed by atoms with van der Waals surface area (Å²) in [5.41, 5.74) is 0.694. The van der Waals surface area contributed by atoms with E-state index in [0.29, 0.717) is 37.1 Å². The molecule has 0 aromatic heterocycles. The van der Waals surface area contributed by atoms with Crippen molar-refractivity contribution in [1.29, 1.82) is 0 Å². The van der Waals surface area contributed by atoms with Gasteiger partial charge in [-0.25, -0.2) is 4.79 Å². The molecule has 21 heavy (non-hydrogen) atoms. The number of para-hydroxylation sites is 2. The quantitative estimate of drug-likeness (QED) is 0.928. The average molecular weight is 292 g/mol. The molecule has 2 amide bonds. The highest BCUT2D eigenvalue weighted by Gasteiger charge is 2.28. The molecule has 5 nitrogen and oxygen atoms in total. The number of carbonyl (C=O) groups excluding carboxylic acids is 1. The number of ether oxygens (including phenoxy) is 2. The van der Waals surface area contributed by atoms with E-state index in [0.717, 1.165) is 6.42 Å². The molecular weight excluding hydrogens is 268 g/mol. The molecule has 1 unspecified atom stereocenters. The van der Waals surface area contributed by atoms with E-state index < -0.39 is 0 Å². The smallest absolute Gasteiger partial charge is 0.322 e. The molecule has 0 radical (unpaired) electrons. The Balaban J connectivity index is 2.06. The number of carbonyl (C=O) groups is 1. The molecule has 0 saturated carbocycles. The number of hydrogen-bond acceptors (Lipinski definition) is 3. The number of methoxy groups -OCH3 is 1. The SMILES string of the molecule is COc1ccccc1NC(=O)N1CCOCC1CC(C)C. The molecule has 0 bridgehead atoms. The predicted octanol–water partition coefficient (Wildman–Crippen LogP) is 2.97. The van der Waals surface area contributed by atoms with Gasteiger partial charge in [0.25, 0.3) is 0 Å². The molecule has 1 fully saturated rings. The predicted molar refractivity (Wildman–Crippen MR) is 82.8 cm³/mol. The third kappa shape index (κ3) is 4.11. The molecule has 1 atom stereocenters. The second-order valence-electron chi connectivity index (χ2n) is 5.68. The highest BCUT2D eigenvalue weighted by molar-refractivity contribution is 5.91. The Morgan fingerprint density at radius 3 is 2.95 bits per heavy atom. The normalized spacial score (nSPS) is 18.7. The molecule has 1 N–H and O–H groups in total. The van der Waals surface area contributed by atoms with Gasteiger partial charge in [0, 0.05) is 6.54 Å². The van der Waals surface area contributed by atoms with Crippen molar-refractivity contribution < 1.29 is 14.3 Å². The van der Waals surface area contributed by atoms with Crippen molar-refractivity contribution in [2.24, 2.45) is 5.92 Å². The third-order valence-corrected chi connectivity index (χ3v) is 3.58. The standard InChI is InChI=1S/C16H24N2O3/c1-12(2)10-13-11-21-9-8-18(13)16(19)17-14-6-4-5-7-15(14)20-3/h4-7,12-13H,8-11H2,1-3H3,(H,17,19). The van der Waals surface area contributed by atoms with Gasteiger partial charge in [-0.2, -0.15) is 0 Å². The van der Waals surface area contributed by atoms with Gasteiger partial charge in [0.15, 0.2) is 0 Å². The van der Waals surface area contributed by atoms with E-state index in [1.807, 2.05) is 29.2 Å². The van der Waals surface area contributed by atoms with E-state index in [9.17, 15) is 4.79 Å². The number of benzene rings is 1. The minimum atomic E-state index is -0.0894. The molecule has 0 aliphatic carbocycles. The summed E-state index contributed by atoms with van der Waals surface area (Å²) in [6.07, 6.45) is 0.944. The van der Waals surface area contributed by atoms with Crippen LogP contribution in [0.1, 0.15) is 20.3 Å². The molecule has 1 aromatic rings. The Labute approximate surface area is 126 Å². The monoisotopic (exact) mass is 292 g/mol. The summed E-state index contributed by atoms with van der Waals surface area (Å²) < 4.78 is 10.8. The van der Waals surface area contributed by atoms with E-state index in [4.69, 9.17) is 9.47 Å². The maximum atomic E-state index is 12.5. The molecule has 1 aliphatic heterocycles. The van der Waals surface area contributed by atoms with Gasteiger partial charge in [0.05, 0.1) is 32.1 Å². The number of anilines is 1. The lowest BCUT2D eigenvalue weighted by Crippen LogP contribution is -2.50. The van der Waals surface area contributed by atoms with Crippen LogP contribution in [0.3, 0.4) is 0 Å². The first-order valence-corrected chi connectivity index (χ1v) is 7.40. The number of rotatable bonds is 4. The Hall–Kier alpha value is -1.75. The van der Waals surface area contributed by atoms with E-state index >= 15 is 0 Å². The number of urea groups is 1. The molecule has 2 rings (SSSR count). The van der Waals surface area contributed by atoms with Crippen LogP contribution in [0.25, 0.3) is 0 Å². The first-order chi connectivity index (χ1) is 10.1. The van der Waals surface area contributed by atoms with Gasteiger partial charge in [-0.15, -0.1) is 0 Å². The van der Waals surface area contributed by atoms with Gasteiger partial charge in [-0.3, -0.25) is 0 Å². The van der Waals surface area contributed by atoms with E-state index in [1.54, 1.807) is 7.11 Å². The Morgan fingerprint density at radius 2 is 2.24 bits per heavy atom. The number of amides is 2. The van der Waals surface area contributed by atoms with Gasteiger partial charge >= 0.3 is 6.03 Å². The largest absolute Gasteiger partial charge is 0.495 e. The zero-order valence-corrected chi connectivity index (χ0v) is 13.0. The first kappa shape index (κ1) is 15.6. The highest BCUT2D eigenvalue weighted by atomic mass is 16.5. The molecule has 1 aromatic carbocycles. The summed E-state index contributed by atoms with van der Waals surface area (Å²) in [7, 11) is 1.60. The van der Waals surface area contributed by atoms with Crippen molar-refractivity contribution in [3.05, 3.63) is 24.3 Å². The van der Waals surface area contributed by atoms with Gasteiger partial charge in [0.1, 0.15) is 5.75 Å². The van der Waals surface area contributed by atoms with Crippen molar-refractivity contribution >= 4 is 11.7 Å². The number of hydrogen-bond donors (Lipinski definition) is 1. The topological polar surface area (TPSA) is 50.8 Å². The van der Waals surface area contributed by atoms with E-state index in [-0.39, 0.29) is 12.1 Å². The summed E-state index contributed by atoms with van der Waals surface area (Å²) >= 11 is 0. The molecular formula is C16H24N2O3. The number of nitrogens with zero attached hydrogens (tertiary/aromatic N) is 1. The maximum absolute atomic E-state index is 12.5. The van der Waals surface area contributed by atoms with Gasteiger partial charge in [-0.05, 0) is 24.5 Å². The van der Waals surface area contributed by atoms with Crippen LogP contribution in [0.15, 0.2) is 24.3 Å². The van der Waals surface area contributed by atoms with Crippen molar-refractivity contribution in [3.8, 4) is 5.75 Å². The molecule has 0 spiro atoms. The van der Waals surface area contributed by atoms with Crippen molar-refractivity contribution in [1.82, 2.24) is 4.90 Å². The molecule has 116 valence electrons. The first-order valence-electron chi connectivity index (χ1n) is 7.40. The fourth-order valence-electron chi connectivity index (χ4n) is 2.60. The van der Waals surface area contributed by atoms with E-state index in [1.165, 1.54) is 0 Å². The summed E-state index contributed by atoms with van der Waals surface area (Å²) in [6, 6.07) is 7.48. The van der Waals surface area contributed by atoms with Crippen LogP contribution in [0.4, 0.5) is 10.5 Å². The van der Waals surface area contributed by atoms with Crippen LogP contribution in [0, 0.1) is 5.92 Å². The summed E-state index contributed by atoms with van der Waals surface area (Å²) in [5, 5.41) is 2.94. The van der Waals surface area contributed by atoms with E-state index in [2.05, 4.69) is 19.2 Å². The molecule has 1 saturated heterocycles. The Kier molecular flexibility index (Phi) is 5.44. The maximum Gasteiger partial charge on any atom is 0.322 e. The summed E-state index contributed by atoms with van der Waals surface area (Å²) in [4.78, 5) is 14.4.